The summed E-state index contributed by atoms with van der Waals surface area (Å²) in [6, 6.07) is 3.83. The summed E-state index contributed by atoms with van der Waals surface area (Å²) in [6.07, 6.45) is 0.0137. The largest absolute Gasteiger partial charge is 0.469 e. The van der Waals surface area contributed by atoms with Crippen molar-refractivity contribution in [2.24, 2.45) is 0 Å². The third-order valence-electron chi connectivity index (χ3n) is 3.18. The number of carbonyl (C=O) groups is 1. The summed E-state index contributed by atoms with van der Waals surface area (Å²) in [5.41, 5.74) is 3.37. The molecule has 0 radical (unpaired) electrons. The average molecular weight is 314 g/mol. The molecule has 1 rings (SSSR count). The summed E-state index contributed by atoms with van der Waals surface area (Å²) in [6.45, 7) is 5.73. The van der Waals surface area contributed by atoms with E-state index in [2.05, 4.69) is 9.46 Å². The van der Waals surface area contributed by atoms with Crippen LogP contribution in [0.15, 0.2) is 12.1 Å². The van der Waals surface area contributed by atoms with Gasteiger partial charge in [0.1, 0.15) is 0 Å². The Hall–Kier alpha value is -1.60. The quantitative estimate of drug-likeness (QED) is 0.812. The molecule has 0 aliphatic carbocycles. The second-order valence-corrected chi connectivity index (χ2v) is 6.81. The molecule has 118 valence electrons. The molecule has 6 nitrogen and oxygen atoms in total. The predicted octanol–water partition coefficient (Wildman–Crippen LogP) is 1.76. The van der Waals surface area contributed by atoms with E-state index < -0.39 is 16.2 Å². The number of ether oxygens (including phenoxy) is 1. The average Bonchev–Trinajstić information content (AvgIpc) is 2.39. The van der Waals surface area contributed by atoms with Gasteiger partial charge in [-0.15, -0.1) is 0 Å². The van der Waals surface area contributed by atoms with Crippen LogP contribution < -0.4 is 4.72 Å². The monoisotopic (exact) mass is 314 g/mol. The number of aryl methyl sites for hydroxylation is 3. The molecule has 0 unspecified atom stereocenters. The molecule has 0 amide bonds. The van der Waals surface area contributed by atoms with E-state index in [-0.39, 0.29) is 13.0 Å². The summed E-state index contributed by atoms with van der Waals surface area (Å²) in [5.74, 6) is -0.445. The van der Waals surface area contributed by atoms with Gasteiger partial charge in [0.15, 0.2) is 0 Å². The van der Waals surface area contributed by atoms with Crippen molar-refractivity contribution in [1.29, 1.82) is 0 Å². The van der Waals surface area contributed by atoms with E-state index in [1.807, 2.05) is 32.9 Å². The van der Waals surface area contributed by atoms with Gasteiger partial charge in [-0.3, -0.25) is 9.52 Å². The molecule has 0 heterocycles. The van der Waals surface area contributed by atoms with Crippen molar-refractivity contribution >= 4 is 21.9 Å². The number of hydrogen-bond donors (Lipinski definition) is 1. The van der Waals surface area contributed by atoms with Crippen molar-refractivity contribution in [3.05, 3.63) is 28.8 Å². The fraction of sp³-hybridized carbons (Fsp3) is 0.500. The molecule has 0 saturated carbocycles. The number of nitrogens with one attached hydrogen (secondary N) is 1. The van der Waals surface area contributed by atoms with Gasteiger partial charge < -0.3 is 4.74 Å². The first-order valence-corrected chi connectivity index (χ1v) is 8.00. The zero-order chi connectivity index (χ0) is 16.2. The molecule has 0 aliphatic rings. The molecule has 0 aromatic heterocycles. The summed E-state index contributed by atoms with van der Waals surface area (Å²) < 4.78 is 32.7. The minimum Gasteiger partial charge on any atom is -0.469 e. The molecule has 0 fully saturated rings. The highest BCUT2D eigenvalue weighted by Gasteiger charge is 2.20. The first kappa shape index (κ1) is 17.5. The molecule has 7 heteroatoms. The van der Waals surface area contributed by atoms with E-state index in [0.29, 0.717) is 5.69 Å². The number of nitrogens with zero attached hydrogens (tertiary/aromatic N) is 1. The van der Waals surface area contributed by atoms with Gasteiger partial charge in [0.05, 0.1) is 19.2 Å². The second-order valence-electron chi connectivity index (χ2n) is 5.03. The normalized spacial score (nSPS) is 11.5. The van der Waals surface area contributed by atoms with Crippen LogP contribution >= 0.6 is 0 Å². The van der Waals surface area contributed by atoms with Gasteiger partial charge in [0.2, 0.25) is 0 Å². The van der Waals surface area contributed by atoms with Gasteiger partial charge in [-0.05, 0) is 31.9 Å². The summed E-state index contributed by atoms with van der Waals surface area (Å²) in [5, 5.41) is 0. The number of benzene rings is 1. The molecule has 0 bridgehead atoms. The van der Waals surface area contributed by atoms with Crippen LogP contribution in [0.3, 0.4) is 0 Å². The number of methoxy groups -OCH3 is 1. The Morgan fingerprint density at radius 3 is 2.24 bits per heavy atom. The van der Waals surface area contributed by atoms with Gasteiger partial charge >= 0.3 is 16.2 Å². The van der Waals surface area contributed by atoms with Crippen LogP contribution in [0.2, 0.25) is 0 Å². The molecule has 0 saturated heterocycles. The highest BCUT2D eigenvalue weighted by Crippen LogP contribution is 2.23. The Labute approximate surface area is 126 Å². The lowest BCUT2D eigenvalue weighted by Crippen LogP contribution is -2.34. The molecular weight excluding hydrogens is 292 g/mol. The van der Waals surface area contributed by atoms with Crippen molar-refractivity contribution in [2.45, 2.75) is 27.2 Å². The van der Waals surface area contributed by atoms with Crippen LogP contribution in [0.1, 0.15) is 23.1 Å². The minimum absolute atomic E-state index is 0.0137. The maximum Gasteiger partial charge on any atom is 0.306 e. The lowest BCUT2D eigenvalue weighted by molar-refractivity contribution is -0.140. The topological polar surface area (TPSA) is 75.7 Å². The lowest BCUT2D eigenvalue weighted by atomic mass is 10.1. The van der Waals surface area contributed by atoms with Crippen molar-refractivity contribution in [3.8, 4) is 0 Å². The Morgan fingerprint density at radius 2 is 1.76 bits per heavy atom. The third-order valence-corrected chi connectivity index (χ3v) is 4.64. The molecule has 0 aliphatic heterocycles. The fourth-order valence-electron chi connectivity index (χ4n) is 2.02. The molecule has 21 heavy (non-hydrogen) atoms. The predicted molar refractivity (Wildman–Crippen MR) is 82.5 cm³/mol. The van der Waals surface area contributed by atoms with Crippen molar-refractivity contribution in [3.63, 3.8) is 0 Å². The standard InChI is InChI=1S/C14H22N2O4S/c1-10-8-11(2)14(12(3)9-10)15-21(18,19)16(4)7-6-13(17)20-5/h8-9,15H,6-7H2,1-5H3. The van der Waals surface area contributed by atoms with Crippen LogP contribution in [0, 0.1) is 20.8 Å². The molecular formula is C14H22N2O4S. The van der Waals surface area contributed by atoms with Gasteiger partial charge in [-0.2, -0.15) is 12.7 Å². The SMILES string of the molecule is COC(=O)CCN(C)S(=O)(=O)Nc1c(C)cc(C)cc1C. The van der Waals surface area contributed by atoms with Crippen molar-refractivity contribution in [2.75, 3.05) is 25.4 Å². The lowest BCUT2D eigenvalue weighted by Gasteiger charge is -2.20. The third kappa shape index (κ3) is 4.71. The Bertz CT molecular complexity index is 603. The van der Waals surface area contributed by atoms with Gasteiger partial charge in [0.25, 0.3) is 0 Å². The maximum absolute atomic E-state index is 12.3. The summed E-state index contributed by atoms with van der Waals surface area (Å²) in [4.78, 5) is 11.1. The second kappa shape index (κ2) is 6.91. The highest BCUT2D eigenvalue weighted by atomic mass is 32.2. The molecule has 1 aromatic carbocycles. The van der Waals surface area contributed by atoms with E-state index in [4.69, 9.17) is 0 Å². The minimum atomic E-state index is -3.70. The summed E-state index contributed by atoms with van der Waals surface area (Å²) in [7, 11) is -1.01. The molecule has 1 aromatic rings. The Balaban J connectivity index is 2.88. The number of carbonyl (C=O) groups excluding carboxylic acids is 1. The number of rotatable bonds is 6. The van der Waals surface area contributed by atoms with E-state index in [0.717, 1.165) is 21.0 Å². The van der Waals surface area contributed by atoms with Gasteiger partial charge in [0, 0.05) is 13.6 Å². The molecule has 0 atom stereocenters. The van der Waals surface area contributed by atoms with Crippen LogP contribution in [0.4, 0.5) is 5.69 Å². The smallest absolute Gasteiger partial charge is 0.306 e. The fourth-order valence-corrected chi connectivity index (χ4v) is 3.09. The molecule has 1 N–H and O–H groups in total. The molecule has 0 spiro atoms. The Morgan fingerprint density at radius 1 is 1.24 bits per heavy atom. The maximum atomic E-state index is 12.3. The zero-order valence-electron chi connectivity index (χ0n) is 13.1. The Kier molecular flexibility index (Phi) is 5.74. The first-order valence-electron chi connectivity index (χ1n) is 6.56. The van der Waals surface area contributed by atoms with Gasteiger partial charge in [-0.25, -0.2) is 0 Å². The van der Waals surface area contributed by atoms with Crippen LogP contribution in [-0.2, 0) is 19.7 Å². The first-order chi connectivity index (χ1) is 9.67. The van der Waals surface area contributed by atoms with Crippen molar-refractivity contribution in [1.82, 2.24) is 4.31 Å². The van der Waals surface area contributed by atoms with Crippen LogP contribution in [0.5, 0.6) is 0 Å². The van der Waals surface area contributed by atoms with E-state index in [9.17, 15) is 13.2 Å². The number of hydrogen-bond acceptors (Lipinski definition) is 4. The number of esters is 1. The van der Waals surface area contributed by atoms with Gasteiger partial charge in [-0.1, -0.05) is 17.7 Å². The zero-order valence-corrected chi connectivity index (χ0v) is 13.9. The van der Waals surface area contributed by atoms with Crippen LogP contribution in [0.25, 0.3) is 0 Å². The van der Waals surface area contributed by atoms with E-state index in [1.54, 1.807) is 0 Å². The number of anilines is 1. The highest BCUT2D eigenvalue weighted by molar-refractivity contribution is 7.90. The van der Waals surface area contributed by atoms with E-state index >= 15 is 0 Å². The van der Waals surface area contributed by atoms with Crippen molar-refractivity contribution < 1.29 is 17.9 Å². The van der Waals surface area contributed by atoms with Crippen LogP contribution in [-0.4, -0.2) is 39.4 Å². The van der Waals surface area contributed by atoms with E-state index in [1.165, 1.54) is 14.2 Å². The summed E-state index contributed by atoms with van der Waals surface area (Å²) >= 11 is 0.